The zero-order valence-corrected chi connectivity index (χ0v) is 9.22. The van der Waals surface area contributed by atoms with Crippen molar-refractivity contribution in [1.82, 2.24) is 0 Å². The average molecular weight is 265 g/mol. The molecule has 0 unspecified atom stereocenters. The smallest absolute Gasteiger partial charge is 0.258 e. The molecule has 0 saturated heterocycles. The molecule has 1 aromatic carbocycles. The van der Waals surface area contributed by atoms with Crippen molar-refractivity contribution < 1.29 is 4.92 Å². The molecule has 3 nitrogen and oxygen atoms in total. The molecule has 13 heavy (non-hydrogen) atoms. The van der Waals surface area contributed by atoms with Gasteiger partial charge in [0.05, 0.1) is 9.40 Å². The van der Waals surface area contributed by atoms with E-state index in [0.29, 0.717) is 4.47 Å². The predicted octanol–water partition coefficient (Wildman–Crippen LogP) is 3.40. The van der Waals surface area contributed by atoms with Gasteiger partial charge in [-0.2, -0.15) is 0 Å². The van der Waals surface area contributed by atoms with Gasteiger partial charge in [-0.3, -0.25) is 10.1 Å². The minimum absolute atomic E-state index is 0.0654. The number of benzene rings is 1. The third-order valence-electron chi connectivity index (χ3n) is 1.65. The molecule has 0 heterocycles. The van der Waals surface area contributed by atoms with E-state index >= 15 is 0 Å². The molecule has 0 aliphatic heterocycles. The fourth-order valence-electron chi connectivity index (χ4n) is 1.03. The summed E-state index contributed by atoms with van der Waals surface area (Å²) in [5, 5.41) is 10.6. The molecule has 0 amide bonds. The number of halogens is 2. The Morgan fingerprint density at radius 3 is 2.69 bits per heavy atom. The van der Waals surface area contributed by atoms with Gasteiger partial charge in [0, 0.05) is 11.9 Å². The molecule has 0 aliphatic rings. The first-order chi connectivity index (χ1) is 6.06. The maximum Gasteiger partial charge on any atom is 0.284 e. The second-order valence-electron chi connectivity index (χ2n) is 2.64. The van der Waals surface area contributed by atoms with Gasteiger partial charge in [-0.05, 0) is 34.0 Å². The van der Waals surface area contributed by atoms with Crippen LogP contribution >= 0.6 is 27.5 Å². The third-order valence-corrected chi connectivity index (χ3v) is 2.99. The van der Waals surface area contributed by atoms with Crippen molar-refractivity contribution in [3.63, 3.8) is 0 Å². The van der Waals surface area contributed by atoms with E-state index in [-0.39, 0.29) is 11.6 Å². The molecule has 0 aliphatic carbocycles. The van der Waals surface area contributed by atoms with Crippen LogP contribution in [0.1, 0.15) is 11.1 Å². The Bertz CT molecular complexity index is 354. The summed E-state index contributed by atoms with van der Waals surface area (Å²) in [6, 6.07) is 3.30. The van der Waals surface area contributed by atoms with Crippen molar-refractivity contribution in [2.75, 3.05) is 0 Å². The van der Waals surface area contributed by atoms with Gasteiger partial charge in [0.2, 0.25) is 0 Å². The lowest BCUT2D eigenvalue weighted by molar-refractivity contribution is -0.385. The SMILES string of the molecule is Cc1cc(CCl)cc([N+](=O)[O-])c1Br. The van der Waals surface area contributed by atoms with Crippen LogP contribution in [0.2, 0.25) is 0 Å². The van der Waals surface area contributed by atoms with Crippen molar-refractivity contribution in [2.24, 2.45) is 0 Å². The van der Waals surface area contributed by atoms with E-state index in [2.05, 4.69) is 15.9 Å². The molecule has 0 saturated carbocycles. The summed E-state index contributed by atoms with van der Waals surface area (Å²) < 4.78 is 0.520. The molecule has 70 valence electrons. The Balaban J connectivity index is 3.33. The van der Waals surface area contributed by atoms with Crippen LogP contribution in [0, 0.1) is 17.0 Å². The Labute approximate surface area is 89.0 Å². The fraction of sp³-hybridized carbons (Fsp3) is 0.250. The number of nitro benzene ring substituents is 1. The molecule has 5 heteroatoms. The maximum absolute atomic E-state index is 10.6. The van der Waals surface area contributed by atoms with E-state index in [4.69, 9.17) is 11.6 Å². The van der Waals surface area contributed by atoms with E-state index in [1.807, 2.05) is 6.07 Å². The summed E-state index contributed by atoms with van der Waals surface area (Å²) in [5.41, 5.74) is 1.65. The maximum atomic E-state index is 10.6. The van der Waals surface area contributed by atoms with E-state index in [0.717, 1.165) is 11.1 Å². The van der Waals surface area contributed by atoms with Gasteiger partial charge >= 0.3 is 0 Å². The van der Waals surface area contributed by atoms with Crippen molar-refractivity contribution >= 4 is 33.2 Å². The van der Waals surface area contributed by atoms with Crippen LogP contribution in [0.4, 0.5) is 5.69 Å². The molecule has 1 rings (SSSR count). The van der Waals surface area contributed by atoms with Gasteiger partial charge in [0.25, 0.3) is 5.69 Å². The van der Waals surface area contributed by atoms with Gasteiger partial charge in [-0.15, -0.1) is 11.6 Å². The highest BCUT2D eigenvalue weighted by Crippen LogP contribution is 2.29. The van der Waals surface area contributed by atoms with Gasteiger partial charge in [-0.25, -0.2) is 0 Å². The summed E-state index contributed by atoms with van der Waals surface area (Å²) in [5.74, 6) is 0.287. The minimum atomic E-state index is -0.423. The highest BCUT2D eigenvalue weighted by Gasteiger charge is 2.14. The average Bonchev–Trinajstić information content (AvgIpc) is 2.09. The normalized spacial score (nSPS) is 10.1. The first-order valence-electron chi connectivity index (χ1n) is 3.55. The Kier molecular flexibility index (Phi) is 3.27. The largest absolute Gasteiger partial charge is 0.284 e. The van der Waals surface area contributed by atoms with Crippen molar-refractivity contribution in [2.45, 2.75) is 12.8 Å². The van der Waals surface area contributed by atoms with Crippen LogP contribution in [0.5, 0.6) is 0 Å². The van der Waals surface area contributed by atoms with Crippen LogP contribution in [-0.2, 0) is 5.88 Å². The molecular weight excluding hydrogens is 257 g/mol. The second kappa shape index (κ2) is 4.07. The lowest BCUT2D eigenvalue weighted by Gasteiger charge is -2.02. The number of hydrogen-bond acceptors (Lipinski definition) is 2. The predicted molar refractivity (Wildman–Crippen MR) is 55.1 cm³/mol. The molecule has 0 radical (unpaired) electrons. The van der Waals surface area contributed by atoms with Crippen LogP contribution in [-0.4, -0.2) is 4.92 Å². The third kappa shape index (κ3) is 2.19. The summed E-state index contributed by atoms with van der Waals surface area (Å²) in [7, 11) is 0. The number of rotatable bonds is 2. The number of alkyl halides is 1. The first-order valence-corrected chi connectivity index (χ1v) is 4.88. The second-order valence-corrected chi connectivity index (χ2v) is 3.70. The number of hydrogen-bond donors (Lipinski definition) is 0. The standard InChI is InChI=1S/C8H7BrClNO2/c1-5-2-6(4-10)3-7(8(5)9)11(12)13/h2-3H,4H2,1H3. The highest BCUT2D eigenvalue weighted by molar-refractivity contribution is 9.10. The molecule has 0 spiro atoms. The number of nitro groups is 1. The molecule has 0 N–H and O–H groups in total. The van der Waals surface area contributed by atoms with Crippen molar-refractivity contribution in [3.8, 4) is 0 Å². The molecule has 1 aromatic rings. The topological polar surface area (TPSA) is 43.1 Å². The Hall–Kier alpha value is -0.610. The number of aryl methyl sites for hydroxylation is 1. The van der Waals surface area contributed by atoms with Gasteiger partial charge in [0.1, 0.15) is 0 Å². The van der Waals surface area contributed by atoms with Crippen LogP contribution in [0.15, 0.2) is 16.6 Å². The zero-order chi connectivity index (χ0) is 10.0. The lowest BCUT2D eigenvalue weighted by Crippen LogP contribution is -1.93. The molecule has 0 fully saturated rings. The quantitative estimate of drug-likeness (QED) is 0.467. The van der Waals surface area contributed by atoms with Crippen LogP contribution in [0.25, 0.3) is 0 Å². The Morgan fingerprint density at radius 2 is 2.23 bits per heavy atom. The monoisotopic (exact) mass is 263 g/mol. The summed E-state index contributed by atoms with van der Waals surface area (Å²) >= 11 is 8.75. The van der Waals surface area contributed by atoms with Crippen LogP contribution in [0.3, 0.4) is 0 Å². The van der Waals surface area contributed by atoms with Crippen molar-refractivity contribution in [3.05, 3.63) is 37.8 Å². The minimum Gasteiger partial charge on any atom is -0.258 e. The molecular formula is C8H7BrClNO2. The lowest BCUT2D eigenvalue weighted by atomic mass is 10.1. The van der Waals surface area contributed by atoms with E-state index in [1.54, 1.807) is 6.92 Å². The summed E-state index contributed by atoms with van der Waals surface area (Å²) in [6.45, 7) is 1.80. The van der Waals surface area contributed by atoms with E-state index < -0.39 is 4.92 Å². The fourth-order valence-corrected chi connectivity index (χ4v) is 1.56. The first kappa shape index (κ1) is 10.5. The Morgan fingerprint density at radius 1 is 1.62 bits per heavy atom. The van der Waals surface area contributed by atoms with Crippen LogP contribution < -0.4 is 0 Å². The van der Waals surface area contributed by atoms with E-state index in [9.17, 15) is 10.1 Å². The van der Waals surface area contributed by atoms with Gasteiger partial charge in [-0.1, -0.05) is 6.07 Å². The zero-order valence-electron chi connectivity index (χ0n) is 6.88. The molecule has 0 bridgehead atoms. The highest BCUT2D eigenvalue weighted by atomic mass is 79.9. The number of nitrogens with zero attached hydrogens (tertiary/aromatic N) is 1. The molecule has 0 atom stereocenters. The summed E-state index contributed by atoms with van der Waals surface area (Å²) in [6.07, 6.45) is 0. The van der Waals surface area contributed by atoms with Gasteiger partial charge in [0.15, 0.2) is 0 Å². The van der Waals surface area contributed by atoms with Crippen molar-refractivity contribution in [1.29, 1.82) is 0 Å². The summed E-state index contributed by atoms with van der Waals surface area (Å²) in [4.78, 5) is 10.2. The molecule has 0 aromatic heterocycles. The van der Waals surface area contributed by atoms with Gasteiger partial charge < -0.3 is 0 Å². The van der Waals surface area contributed by atoms with E-state index in [1.165, 1.54) is 6.07 Å².